The molecule has 0 bridgehead atoms. The summed E-state index contributed by atoms with van der Waals surface area (Å²) < 4.78 is 28.4. The second-order valence-corrected chi connectivity index (χ2v) is 9.67. The van der Waals surface area contributed by atoms with E-state index >= 15 is 0 Å². The fourth-order valence-corrected chi connectivity index (χ4v) is 5.32. The van der Waals surface area contributed by atoms with Crippen LogP contribution in [0.25, 0.3) is 10.9 Å². The zero-order valence-corrected chi connectivity index (χ0v) is 19.2. The van der Waals surface area contributed by atoms with Gasteiger partial charge in [0.05, 0.1) is 21.3 Å². The molecule has 1 unspecified atom stereocenters. The number of aromatic carboxylic acids is 1. The molecule has 1 aromatic heterocycles. The van der Waals surface area contributed by atoms with Crippen molar-refractivity contribution in [3.05, 3.63) is 63.0 Å². The fraction of sp³-hybridized carbons (Fsp3) is 0.286. The Hall–Kier alpha value is -2.23. The number of halogens is 2. The van der Waals surface area contributed by atoms with Crippen LogP contribution in [0.15, 0.2) is 34.8 Å². The molecular formula is C21H22BrFN2O4S. The monoisotopic (exact) mass is 496 g/mol. The molecule has 1 atom stereocenters. The number of aromatic hydroxyl groups is 1. The minimum absolute atomic E-state index is 0.0108. The van der Waals surface area contributed by atoms with Crippen LogP contribution < -0.4 is 0 Å². The van der Waals surface area contributed by atoms with Gasteiger partial charge in [0.1, 0.15) is 11.6 Å². The molecule has 0 spiro atoms. The number of aromatic nitrogens is 1. The first-order chi connectivity index (χ1) is 14.1. The smallest absolute Gasteiger partial charge is 0.338 e. The molecule has 30 heavy (non-hydrogen) atoms. The van der Waals surface area contributed by atoms with Crippen molar-refractivity contribution < 1.29 is 23.6 Å². The summed E-state index contributed by atoms with van der Waals surface area (Å²) in [5, 5.41) is 21.0. The maximum Gasteiger partial charge on any atom is 0.338 e. The van der Waals surface area contributed by atoms with E-state index in [1.807, 2.05) is 19.0 Å². The molecular weight excluding hydrogens is 475 g/mol. The lowest BCUT2D eigenvalue weighted by atomic mass is 10.0. The van der Waals surface area contributed by atoms with Crippen LogP contribution in [0.4, 0.5) is 4.39 Å². The van der Waals surface area contributed by atoms with Crippen LogP contribution in [0.5, 0.6) is 5.75 Å². The van der Waals surface area contributed by atoms with Gasteiger partial charge in [-0.2, -0.15) is 0 Å². The number of carbonyl (C=O) groups is 1. The van der Waals surface area contributed by atoms with E-state index in [4.69, 9.17) is 0 Å². The van der Waals surface area contributed by atoms with Crippen molar-refractivity contribution in [3.63, 3.8) is 0 Å². The van der Waals surface area contributed by atoms with Crippen molar-refractivity contribution in [1.29, 1.82) is 0 Å². The van der Waals surface area contributed by atoms with Gasteiger partial charge >= 0.3 is 5.97 Å². The second-order valence-electron chi connectivity index (χ2n) is 7.36. The number of phenols is 1. The van der Waals surface area contributed by atoms with Crippen LogP contribution in [0.2, 0.25) is 0 Å². The normalized spacial score (nSPS) is 12.6. The first-order valence-electron chi connectivity index (χ1n) is 9.09. The van der Waals surface area contributed by atoms with E-state index in [2.05, 4.69) is 15.9 Å². The molecule has 0 fully saturated rings. The number of phenolic OH excluding ortho intramolecular Hbond substituents is 1. The molecule has 2 N–H and O–H groups in total. The third kappa shape index (κ3) is 4.43. The van der Waals surface area contributed by atoms with Crippen LogP contribution >= 0.6 is 15.9 Å². The Morgan fingerprint density at radius 1 is 1.27 bits per heavy atom. The lowest BCUT2D eigenvalue weighted by molar-refractivity contribution is 0.0697. The molecule has 0 radical (unpaired) electrons. The SMILES string of the molecule is CN(C)Cc1c(O)c(Br)cc2c1c(C(=O)O)c(CS(=O)Cc1cccc(F)c1)n2C. The Morgan fingerprint density at radius 3 is 2.57 bits per heavy atom. The first-order valence-corrected chi connectivity index (χ1v) is 11.4. The van der Waals surface area contributed by atoms with E-state index < -0.39 is 22.6 Å². The molecule has 0 aliphatic rings. The number of aryl methyl sites for hydroxylation is 1. The summed E-state index contributed by atoms with van der Waals surface area (Å²) in [4.78, 5) is 14.0. The Balaban J connectivity index is 2.12. The van der Waals surface area contributed by atoms with E-state index in [0.717, 1.165) is 0 Å². The molecule has 3 rings (SSSR count). The summed E-state index contributed by atoms with van der Waals surface area (Å²) in [6.07, 6.45) is 0. The van der Waals surface area contributed by atoms with Crippen molar-refractivity contribution in [2.45, 2.75) is 18.1 Å². The number of hydrogen-bond acceptors (Lipinski definition) is 4. The highest BCUT2D eigenvalue weighted by molar-refractivity contribution is 9.10. The number of fused-ring (bicyclic) bond motifs is 1. The van der Waals surface area contributed by atoms with Gasteiger partial charge in [-0.3, -0.25) is 4.21 Å². The summed E-state index contributed by atoms with van der Waals surface area (Å²) in [7, 11) is 3.91. The maximum atomic E-state index is 13.4. The molecule has 2 aromatic carbocycles. The number of hydrogen-bond donors (Lipinski definition) is 2. The van der Waals surface area contributed by atoms with E-state index in [9.17, 15) is 23.6 Å². The number of rotatable bonds is 7. The molecule has 0 saturated carbocycles. The van der Waals surface area contributed by atoms with Gasteiger partial charge in [-0.25, -0.2) is 9.18 Å². The Kier molecular flexibility index (Phi) is 6.64. The summed E-state index contributed by atoms with van der Waals surface area (Å²) in [5.41, 5.74) is 2.10. The van der Waals surface area contributed by atoms with Crippen LogP contribution in [-0.4, -0.2) is 44.0 Å². The predicted molar refractivity (Wildman–Crippen MR) is 119 cm³/mol. The zero-order chi connectivity index (χ0) is 22.2. The van der Waals surface area contributed by atoms with Crippen LogP contribution in [0.3, 0.4) is 0 Å². The largest absolute Gasteiger partial charge is 0.506 e. The summed E-state index contributed by atoms with van der Waals surface area (Å²) in [6, 6.07) is 7.53. The number of carboxylic acid groups (broad SMARTS) is 1. The van der Waals surface area contributed by atoms with Gasteiger partial charge in [0.25, 0.3) is 0 Å². The molecule has 6 nitrogen and oxygen atoms in total. The third-order valence-electron chi connectivity index (χ3n) is 4.84. The van der Waals surface area contributed by atoms with Crippen molar-refractivity contribution in [2.24, 2.45) is 7.05 Å². The Morgan fingerprint density at radius 2 is 1.97 bits per heavy atom. The van der Waals surface area contributed by atoms with Crippen molar-refractivity contribution in [1.82, 2.24) is 9.47 Å². The number of carboxylic acids is 1. The highest BCUT2D eigenvalue weighted by atomic mass is 79.9. The molecule has 160 valence electrons. The standard InChI is InChI=1S/C21H22BrFN2O4S/c1-24(2)9-14-18-16(8-15(22)20(14)26)25(3)17(19(18)21(27)28)11-30(29)10-12-5-4-6-13(23)7-12/h4-8,26H,9-11H2,1-3H3,(H,27,28). The summed E-state index contributed by atoms with van der Waals surface area (Å²) >= 11 is 3.34. The van der Waals surface area contributed by atoms with E-state index in [1.165, 1.54) is 12.1 Å². The minimum Gasteiger partial charge on any atom is -0.506 e. The van der Waals surface area contributed by atoms with Gasteiger partial charge in [0.15, 0.2) is 0 Å². The quantitative estimate of drug-likeness (QED) is 0.516. The first kappa shape index (κ1) is 22.5. The van der Waals surface area contributed by atoms with Crippen LogP contribution in [-0.2, 0) is 35.9 Å². The average Bonchev–Trinajstić information content (AvgIpc) is 2.91. The molecule has 9 heteroatoms. The van der Waals surface area contributed by atoms with Gasteiger partial charge in [0.2, 0.25) is 0 Å². The maximum absolute atomic E-state index is 13.4. The second kappa shape index (κ2) is 8.87. The summed E-state index contributed by atoms with van der Waals surface area (Å²) in [6.45, 7) is 0.331. The molecule has 3 aromatic rings. The van der Waals surface area contributed by atoms with E-state index in [-0.39, 0.29) is 22.8 Å². The van der Waals surface area contributed by atoms with E-state index in [0.29, 0.717) is 38.7 Å². The zero-order valence-electron chi connectivity index (χ0n) is 16.8. The predicted octanol–water partition coefficient (Wildman–Crippen LogP) is 3.99. The molecule has 0 amide bonds. The number of nitrogens with zero attached hydrogens (tertiary/aromatic N) is 2. The molecule has 0 aliphatic heterocycles. The van der Waals surface area contributed by atoms with Gasteiger partial charge in [-0.1, -0.05) is 12.1 Å². The van der Waals surface area contributed by atoms with Crippen molar-refractivity contribution in [3.8, 4) is 5.75 Å². The van der Waals surface area contributed by atoms with Crippen molar-refractivity contribution in [2.75, 3.05) is 14.1 Å². The molecule has 1 heterocycles. The highest BCUT2D eigenvalue weighted by Crippen LogP contribution is 2.39. The van der Waals surface area contributed by atoms with Gasteiger partial charge < -0.3 is 19.7 Å². The van der Waals surface area contributed by atoms with E-state index in [1.54, 1.807) is 29.8 Å². The highest BCUT2D eigenvalue weighted by Gasteiger charge is 2.27. The van der Waals surface area contributed by atoms with Gasteiger partial charge in [-0.15, -0.1) is 0 Å². The van der Waals surface area contributed by atoms with Crippen molar-refractivity contribution >= 4 is 43.6 Å². The van der Waals surface area contributed by atoms with Gasteiger partial charge in [-0.05, 0) is 53.8 Å². The Labute approximate surface area is 184 Å². The Bertz CT molecular complexity index is 1160. The molecule has 0 aliphatic carbocycles. The summed E-state index contributed by atoms with van der Waals surface area (Å²) in [5.74, 6) is -1.48. The lowest BCUT2D eigenvalue weighted by Crippen LogP contribution is -2.12. The fourth-order valence-electron chi connectivity index (χ4n) is 3.56. The minimum atomic E-state index is -1.46. The van der Waals surface area contributed by atoms with Crippen LogP contribution in [0.1, 0.15) is 27.2 Å². The van der Waals surface area contributed by atoms with Crippen LogP contribution in [0, 0.1) is 5.82 Å². The molecule has 0 saturated heterocycles. The lowest BCUT2D eigenvalue weighted by Gasteiger charge is -2.14. The van der Waals surface area contributed by atoms with Gasteiger partial charge in [0, 0.05) is 46.8 Å². The number of benzene rings is 2. The average molecular weight is 497 g/mol. The topological polar surface area (TPSA) is 82.8 Å². The third-order valence-corrected chi connectivity index (χ3v) is 6.70.